The van der Waals surface area contributed by atoms with Crippen molar-refractivity contribution < 1.29 is 4.79 Å². The SMILES string of the molecule is CCNC(=NCCCN1CCN(Cc2ccccc2)CC1)NC1CCN(C(=O)CC)C1.I. The quantitative estimate of drug-likeness (QED) is 0.212. The smallest absolute Gasteiger partial charge is 0.222 e. The average Bonchev–Trinajstić information content (AvgIpc) is 3.26. The Morgan fingerprint density at radius 1 is 1.06 bits per heavy atom. The highest BCUT2D eigenvalue weighted by Crippen LogP contribution is 2.11. The Morgan fingerprint density at radius 2 is 1.78 bits per heavy atom. The van der Waals surface area contributed by atoms with E-state index in [1.54, 1.807) is 0 Å². The molecule has 2 fully saturated rings. The molecule has 1 aromatic carbocycles. The number of amides is 1. The number of hydrogen-bond donors (Lipinski definition) is 2. The van der Waals surface area contributed by atoms with E-state index in [2.05, 4.69) is 57.7 Å². The molecule has 3 rings (SSSR count). The normalized spacial score (nSPS) is 20.1. The Labute approximate surface area is 211 Å². The maximum atomic E-state index is 11.9. The van der Waals surface area contributed by atoms with E-state index in [9.17, 15) is 4.79 Å². The van der Waals surface area contributed by atoms with Crippen LogP contribution < -0.4 is 10.6 Å². The fraction of sp³-hybridized carbons (Fsp3) is 0.667. The molecule has 0 aromatic heterocycles. The molecule has 7 nitrogen and oxygen atoms in total. The van der Waals surface area contributed by atoms with Crippen molar-refractivity contribution in [2.45, 2.75) is 45.7 Å². The van der Waals surface area contributed by atoms with Crippen LogP contribution in [0.3, 0.4) is 0 Å². The first kappa shape index (κ1) is 26.9. The van der Waals surface area contributed by atoms with Gasteiger partial charge in [-0.05, 0) is 25.3 Å². The number of halogens is 1. The van der Waals surface area contributed by atoms with Crippen molar-refractivity contribution in [3.05, 3.63) is 35.9 Å². The summed E-state index contributed by atoms with van der Waals surface area (Å²) in [6.45, 7) is 14.0. The number of rotatable bonds is 9. The van der Waals surface area contributed by atoms with Crippen LogP contribution in [0.2, 0.25) is 0 Å². The molecule has 2 aliphatic rings. The number of carbonyl (C=O) groups excluding carboxylic acids is 1. The molecule has 0 radical (unpaired) electrons. The van der Waals surface area contributed by atoms with Crippen molar-refractivity contribution in [3.63, 3.8) is 0 Å². The minimum absolute atomic E-state index is 0. The topological polar surface area (TPSA) is 63.2 Å². The molecule has 1 atom stereocenters. The van der Waals surface area contributed by atoms with E-state index in [-0.39, 0.29) is 29.9 Å². The molecule has 2 N–H and O–H groups in total. The van der Waals surface area contributed by atoms with Gasteiger partial charge in [0.05, 0.1) is 0 Å². The van der Waals surface area contributed by atoms with Gasteiger partial charge in [-0.3, -0.25) is 14.7 Å². The molecular formula is C24H41IN6O. The van der Waals surface area contributed by atoms with E-state index in [1.807, 2.05) is 11.8 Å². The zero-order chi connectivity index (χ0) is 21.9. The van der Waals surface area contributed by atoms with Gasteiger partial charge in [-0.2, -0.15) is 0 Å². The van der Waals surface area contributed by atoms with E-state index < -0.39 is 0 Å². The number of likely N-dealkylation sites (tertiary alicyclic amines) is 1. The standard InChI is InChI=1S/C24H40N6O.HI/c1-3-23(31)30-14-11-22(20-30)27-24(25-4-2)26-12-8-13-28-15-17-29(18-16-28)19-21-9-6-5-7-10-21;/h5-7,9-10,22H,3-4,8,11-20H2,1-2H3,(H2,25,26,27);1H. The molecule has 1 unspecified atom stereocenters. The zero-order valence-electron chi connectivity index (χ0n) is 19.8. The second-order valence-corrected chi connectivity index (χ2v) is 8.54. The molecular weight excluding hydrogens is 515 g/mol. The van der Waals surface area contributed by atoms with Crippen LogP contribution in [0.25, 0.3) is 0 Å². The molecule has 0 saturated carbocycles. The lowest BCUT2D eigenvalue weighted by molar-refractivity contribution is -0.129. The van der Waals surface area contributed by atoms with Gasteiger partial charge in [-0.1, -0.05) is 37.3 Å². The van der Waals surface area contributed by atoms with Gasteiger partial charge in [-0.15, -0.1) is 24.0 Å². The monoisotopic (exact) mass is 556 g/mol. The maximum Gasteiger partial charge on any atom is 0.222 e. The van der Waals surface area contributed by atoms with Gasteiger partial charge in [0.25, 0.3) is 0 Å². The summed E-state index contributed by atoms with van der Waals surface area (Å²) in [6, 6.07) is 11.0. The van der Waals surface area contributed by atoms with E-state index in [0.717, 1.165) is 84.2 Å². The summed E-state index contributed by atoms with van der Waals surface area (Å²) < 4.78 is 0. The van der Waals surface area contributed by atoms with Gasteiger partial charge in [-0.25, -0.2) is 0 Å². The molecule has 2 heterocycles. The maximum absolute atomic E-state index is 11.9. The van der Waals surface area contributed by atoms with Crippen molar-refractivity contribution >= 4 is 35.8 Å². The summed E-state index contributed by atoms with van der Waals surface area (Å²) in [5, 5.41) is 6.87. The number of guanidine groups is 1. The molecule has 8 heteroatoms. The Balaban J connectivity index is 0.00000363. The number of nitrogens with one attached hydrogen (secondary N) is 2. The van der Waals surface area contributed by atoms with Crippen LogP contribution in [0.5, 0.6) is 0 Å². The minimum atomic E-state index is 0. The zero-order valence-corrected chi connectivity index (χ0v) is 22.1. The van der Waals surface area contributed by atoms with Crippen LogP contribution in [0, 0.1) is 0 Å². The number of nitrogens with zero attached hydrogens (tertiary/aromatic N) is 4. The Hall–Kier alpha value is -1.39. The van der Waals surface area contributed by atoms with Crippen molar-refractivity contribution in [1.29, 1.82) is 0 Å². The minimum Gasteiger partial charge on any atom is -0.357 e. The van der Waals surface area contributed by atoms with Crippen LogP contribution >= 0.6 is 24.0 Å². The lowest BCUT2D eigenvalue weighted by Gasteiger charge is -2.34. The van der Waals surface area contributed by atoms with Gasteiger partial charge < -0.3 is 20.4 Å². The molecule has 180 valence electrons. The predicted molar refractivity (Wildman–Crippen MR) is 143 cm³/mol. The average molecular weight is 557 g/mol. The Morgan fingerprint density at radius 3 is 2.47 bits per heavy atom. The number of carbonyl (C=O) groups is 1. The van der Waals surface area contributed by atoms with Crippen LogP contribution in [0.1, 0.15) is 38.7 Å². The van der Waals surface area contributed by atoms with Crippen LogP contribution in [0.15, 0.2) is 35.3 Å². The molecule has 2 saturated heterocycles. The molecule has 1 amide bonds. The van der Waals surface area contributed by atoms with Gasteiger partial charge in [0.2, 0.25) is 5.91 Å². The summed E-state index contributed by atoms with van der Waals surface area (Å²) in [5.41, 5.74) is 1.40. The molecule has 0 spiro atoms. The second kappa shape index (κ2) is 14.7. The highest BCUT2D eigenvalue weighted by molar-refractivity contribution is 14.0. The first-order valence-corrected chi connectivity index (χ1v) is 12.0. The van der Waals surface area contributed by atoms with Crippen LogP contribution in [0.4, 0.5) is 0 Å². The van der Waals surface area contributed by atoms with E-state index in [1.165, 1.54) is 5.56 Å². The second-order valence-electron chi connectivity index (χ2n) is 8.54. The van der Waals surface area contributed by atoms with Gasteiger partial charge in [0.15, 0.2) is 5.96 Å². The fourth-order valence-electron chi connectivity index (χ4n) is 4.34. The number of hydrogen-bond acceptors (Lipinski definition) is 4. The van der Waals surface area contributed by atoms with Crippen molar-refractivity contribution in [2.24, 2.45) is 4.99 Å². The number of benzene rings is 1. The summed E-state index contributed by atoms with van der Waals surface area (Å²) in [7, 11) is 0. The van der Waals surface area contributed by atoms with E-state index >= 15 is 0 Å². The summed E-state index contributed by atoms with van der Waals surface area (Å²) in [5.74, 6) is 1.13. The molecule has 32 heavy (non-hydrogen) atoms. The van der Waals surface area contributed by atoms with Gasteiger partial charge >= 0.3 is 0 Å². The third-order valence-corrected chi connectivity index (χ3v) is 6.14. The van der Waals surface area contributed by atoms with E-state index in [4.69, 9.17) is 4.99 Å². The van der Waals surface area contributed by atoms with Crippen LogP contribution in [-0.4, -0.2) is 91.5 Å². The van der Waals surface area contributed by atoms with Crippen molar-refractivity contribution in [2.75, 3.05) is 58.9 Å². The fourth-order valence-corrected chi connectivity index (χ4v) is 4.34. The van der Waals surface area contributed by atoms with Gasteiger partial charge in [0, 0.05) is 77.9 Å². The summed E-state index contributed by atoms with van der Waals surface area (Å²) in [6.07, 6.45) is 2.64. The Kier molecular flexibility index (Phi) is 12.3. The Bertz CT molecular complexity index is 693. The largest absolute Gasteiger partial charge is 0.357 e. The molecule has 0 aliphatic carbocycles. The third-order valence-electron chi connectivity index (χ3n) is 6.14. The number of aliphatic imine (C=N–C) groups is 1. The summed E-state index contributed by atoms with van der Waals surface area (Å²) >= 11 is 0. The first-order valence-electron chi connectivity index (χ1n) is 12.0. The lowest BCUT2D eigenvalue weighted by Crippen LogP contribution is -2.46. The highest BCUT2D eigenvalue weighted by atomic mass is 127. The van der Waals surface area contributed by atoms with E-state index in [0.29, 0.717) is 12.5 Å². The lowest BCUT2D eigenvalue weighted by atomic mass is 10.2. The third kappa shape index (κ3) is 8.86. The van der Waals surface area contributed by atoms with Crippen LogP contribution in [-0.2, 0) is 11.3 Å². The molecule has 1 aromatic rings. The molecule has 0 bridgehead atoms. The van der Waals surface area contributed by atoms with Gasteiger partial charge in [0.1, 0.15) is 0 Å². The first-order chi connectivity index (χ1) is 15.2. The summed E-state index contributed by atoms with van der Waals surface area (Å²) in [4.78, 5) is 23.7. The van der Waals surface area contributed by atoms with Crippen molar-refractivity contribution in [1.82, 2.24) is 25.3 Å². The predicted octanol–water partition coefficient (Wildman–Crippen LogP) is 2.38. The molecule has 2 aliphatic heterocycles. The number of piperazine rings is 1. The highest BCUT2D eigenvalue weighted by Gasteiger charge is 2.25. The van der Waals surface area contributed by atoms with Crippen molar-refractivity contribution in [3.8, 4) is 0 Å².